The first kappa shape index (κ1) is 15.0. The number of hydrogen-bond donors (Lipinski definition) is 0. The second-order valence-corrected chi connectivity index (χ2v) is 6.02. The fraction of sp³-hybridized carbons (Fsp3) is 0.278. The summed E-state index contributed by atoms with van der Waals surface area (Å²) in [6, 6.07) is 21.0. The highest BCUT2D eigenvalue weighted by Crippen LogP contribution is 2.33. The van der Waals surface area contributed by atoms with Crippen molar-refractivity contribution in [1.29, 1.82) is 0 Å². The highest BCUT2D eigenvalue weighted by atomic mass is 32.2. The number of anilines is 2. The van der Waals surface area contributed by atoms with E-state index in [2.05, 4.69) is 77.7 Å². The Hall–Kier alpha value is -1.94. The average Bonchev–Trinajstić information content (AvgIpc) is 2.95. The Morgan fingerprint density at radius 1 is 0.955 bits per heavy atom. The molecular formula is C18H21N3S. The van der Waals surface area contributed by atoms with Crippen LogP contribution in [0.25, 0.3) is 0 Å². The molecule has 2 aromatic rings. The molecule has 0 spiro atoms. The van der Waals surface area contributed by atoms with Gasteiger partial charge in [-0.1, -0.05) is 61.5 Å². The van der Waals surface area contributed by atoms with Gasteiger partial charge in [-0.15, -0.1) is 5.10 Å². The Bertz CT molecular complexity index is 627. The molecule has 1 unspecified atom stereocenters. The van der Waals surface area contributed by atoms with E-state index in [1.54, 1.807) is 11.8 Å². The SMILES string of the molecule is CCCC1N(c2ccccc2)N=C(SC)N1c1ccccc1. The largest absolute Gasteiger partial charge is 0.297 e. The van der Waals surface area contributed by atoms with E-state index in [1.807, 2.05) is 6.07 Å². The van der Waals surface area contributed by atoms with Crippen molar-refractivity contribution < 1.29 is 0 Å². The summed E-state index contributed by atoms with van der Waals surface area (Å²) in [6.07, 6.45) is 4.51. The van der Waals surface area contributed by atoms with E-state index >= 15 is 0 Å². The number of thioether (sulfide) groups is 1. The number of rotatable bonds is 4. The zero-order chi connectivity index (χ0) is 15.4. The Balaban J connectivity index is 2.00. The fourth-order valence-corrected chi connectivity index (χ4v) is 3.37. The maximum Gasteiger partial charge on any atom is 0.189 e. The van der Waals surface area contributed by atoms with Gasteiger partial charge in [-0.2, -0.15) is 0 Å². The molecule has 0 saturated carbocycles. The summed E-state index contributed by atoms with van der Waals surface area (Å²) in [7, 11) is 0. The van der Waals surface area contributed by atoms with Crippen molar-refractivity contribution in [3.63, 3.8) is 0 Å². The lowest BCUT2D eigenvalue weighted by atomic mass is 10.2. The number of para-hydroxylation sites is 2. The summed E-state index contributed by atoms with van der Waals surface area (Å²) < 4.78 is 0. The van der Waals surface area contributed by atoms with Gasteiger partial charge < -0.3 is 0 Å². The second kappa shape index (κ2) is 6.88. The quantitative estimate of drug-likeness (QED) is 0.810. The molecule has 0 bridgehead atoms. The van der Waals surface area contributed by atoms with E-state index in [1.165, 1.54) is 5.69 Å². The summed E-state index contributed by atoms with van der Waals surface area (Å²) in [5, 5.41) is 8.08. The summed E-state index contributed by atoms with van der Waals surface area (Å²) in [4.78, 5) is 2.35. The van der Waals surface area contributed by atoms with Crippen LogP contribution >= 0.6 is 11.8 Å². The molecule has 3 rings (SSSR count). The van der Waals surface area contributed by atoms with Crippen molar-refractivity contribution in [3.05, 3.63) is 60.7 Å². The van der Waals surface area contributed by atoms with Gasteiger partial charge in [-0.25, -0.2) is 5.01 Å². The fourth-order valence-electron chi connectivity index (χ4n) is 2.77. The van der Waals surface area contributed by atoms with Crippen LogP contribution < -0.4 is 9.91 Å². The third kappa shape index (κ3) is 2.83. The highest BCUT2D eigenvalue weighted by Gasteiger charge is 2.34. The molecule has 0 saturated heterocycles. The minimum atomic E-state index is 0.234. The number of amidine groups is 1. The molecule has 0 fully saturated rings. The van der Waals surface area contributed by atoms with Crippen molar-refractivity contribution >= 4 is 28.3 Å². The van der Waals surface area contributed by atoms with Gasteiger partial charge in [0.05, 0.1) is 5.69 Å². The predicted molar refractivity (Wildman–Crippen MR) is 97.5 cm³/mol. The molecule has 0 radical (unpaired) electrons. The normalized spacial score (nSPS) is 17.7. The van der Waals surface area contributed by atoms with Gasteiger partial charge in [0.15, 0.2) is 5.17 Å². The first-order valence-electron chi connectivity index (χ1n) is 7.66. The molecule has 114 valence electrons. The van der Waals surface area contributed by atoms with Gasteiger partial charge in [-0.3, -0.25) is 4.90 Å². The van der Waals surface area contributed by atoms with Crippen LogP contribution in [0.3, 0.4) is 0 Å². The molecule has 0 aliphatic carbocycles. The molecule has 1 aliphatic heterocycles. The molecule has 1 aliphatic rings. The molecule has 0 aromatic heterocycles. The molecule has 2 aromatic carbocycles. The average molecular weight is 311 g/mol. The topological polar surface area (TPSA) is 18.8 Å². The third-order valence-electron chi connectivity index (χ3n) is 3.76. The van der Waals surface area contributed by atoms with E-state index in [9.17, 15) is 0 Å². The van der Waals surface area contributed by atoms with Crippen molar-refractivity contribution in [3.8, 4) is 0 Å². The van der Waals surface area contributed by atoms with E-state index < -0.39 is 0 Å². The van der Waals surface area contributed by atoms with E-state index in [4.69, 9.17) is 5.10 Å². The monoisotopic (exact) mass is 311 g/mol. The molecule has 1 atom stereocenters. The molecule has 0 N–H and O–H groups in total. The smallest absolute Gasteiger partial charge is 0.189 e. The Labute approximate surface area is 136 Å². The van der Waals surface area contributed by atoms with Crippen molar-refractivity contribution in [2.75, 3.05) is 16.2 Å². The highest BCUT2D eigenvalue weighted by molar-refractivity contribution is 8.13. The van der Waals surface area contributed by atoms with Crippen LogP contribution in [0.1, 0.15) is 19.8 Å². The minimum absolute atomic E-state index is 0.234. The number of nitrogens with zero attached hydrogens (tertiary/aromatic N) is 3. The van der Waals surface area contributed by atoms with Gasteiger partial charge >= 0.3 is 0 Å². The van der Waals surface area contributed by atoms with Gasteiger partial charge in [0.1, 0.15) is 6.17 Å². The molecule has 4 heteroatoms. The number of hydrazone groups is 1. The zero-order valence-corrected chi connectivity index (χ0v) is 13.8. The van der Waals surface area contributed by atoms with Crippen molar-refractivity contribution in [1.82, 2.24) is 0 Å². The van der Waals surface area contributed by atoms with Crippen LogP contribution in [-0.2, 0) is 0 Å². The standard InChI is InChI=1S/C18H21N3S/c1-3-10-17-20(15-11-6-4-7-12-15)18(22-2)19-21(17)16-13-8-5-9-14-16/h4-9,11-14,17H,3,10H2,1-2H3. The molecule has 0 amide bonds. The molecule has 22 heavy (non-hydrogen) atoms. The van der Waals surface area contributed by atoms with E-state index in [0.717, 1.165) is 23.7 Å². The lowest BCUT2D eigenvalue weighted by Gasteiger charge is -2.31. The zero-order valence-electron chi connectivity index (χ0n) is 13.0. The summed E-state index contributed by atoms with van der Waals surface area (Å²) in [5.74, 6) is 0. The third-order valence-corrected chi connectivity index (χ3v) is 4.41. The molecular weight excluding hydrogens is 290 g/mol. The van der Waals surface area contributed by atoms with Crippen LogP contribution in [0.2, 0.25) is 0 Å². The summed E-state index contributed by atoms with van der Waals surface area (Å²) in [5.41, 5.74) is 2.35. The van der Waals surface area contributed by atoms with Crippen LogP contribution in [0, 0.1) is 0 Å². The maximum absolute atomic E-state index is 4.87. The van der Waals surface area contributed by atoms with Crippen LogP contribution in [-0.4, -0.2) is 17.6 Å². The first-order chi connectivity index (χ1) is 10.8. The summed E-state index contributed by atoms with van der Waals surface area (Å²) >= 11 is 1.70. The van der Waals surface area contributed by atoms with Crippen LogP contribution in [0.15, 0.2) is 65.8 Å². The lowest BCUT2D eigenvalue weighted by molar-refractivity contribution is 0.595. The van der Waals surface area contributed by atoms with Gasteiger partial charge in [-0.05, 0) is 36.9 Å². The lowest BCUT2D eigenvalue weighted by Crippen LogP contribution is -2.41. The minimum Gasteiger partial charge on any atom is -0.297 e. The second-order valence-electron chi connectivity index (χ2n) is 5.24. The van der Waals surface area contributed by atoms with Crippen LogP contribution in [0.5, 0.6) is 0 Å². The number of benzene rings is 2. The number of hydrogen-bond acceptors (Lipinski definition) is 4. The Morgan fingerprint density at radius 3 is 2.09 bits per heavy atom. The van der Waals surface area contributed by atoms with Crippen LogP contribution in [0.4, 0.5) is 11.4 Å². The molecule has 3 nitrogen and oxygen atoms in total. The van der Waals surface area contributed by atoms with Crippen molar-refractivity contribution in [2.24, 2.45) is 5.10 Å². The Kier molecular flexibility index (Phi) is 4.68. The summed E-state index contributed by atoms with van der Waals surface area (Å²) in [6.45, 7) is 2.23. The van der Waals surface area contributed by atoms with Gasteiger partial charge in [0.2, 0.25) is 0 Å². The first-order valence-corrected chi connectivity index (χ1v) is 8.88. The van der Waals surface area contributed by atoms with Crippen molar-refractivity contribution in [2.45, 2.75) is 25.9 Å². The maximum atomic E-state index is 4.87. The van der Waals surface area contributed by atoms with E-state index in [-0.39, 0.29) is 6.17 Å². The Morgan fingerprint density at radius 2 is 1.55 bits per heavy atom. The van der Waals surface area contributed by atoms with E-state index in [0.29, 0.717) is 0 Å². The van der Waals surface area contributed by atoms with Gasteiger partial charge in [0, 0.05) is 5.69 Å². The van der Waals surface area contributed by atoms with Gasteiger partial charge in [0.25, 0.3) is 0 Å². The predicted octanol–water partition coefficient (Wildman–Crippen LogP) is 4.77. The molecule has 1 heterocycles.